The molecule has 1 saturated carbocycles. The summed E-state index contributed by atoms with van der Waals surface area (Å²) in [6, 6.07) is 13.8. The van der Waals surface area contributed by atoms with Crippen LogP contribution in [0.15, 0.2) is 53.4 Å². The Hall–Kier alpha value is -1.07. The normalized spacial score (nSPS) is 16.5. The van der Waals surface area contributed by atoms with E-state index >= 15 is 0 Å². The lowest BCUT2D eigenvalue weighted by Crippen LogP contribution is -2.30. The van der Waals surface area contributed by atoms with Crippen molar-refractivity contribution in [1.29, 1.82) is 0 Å². The predicted molar refractivity (Wildman–Crippen MR) is 88.7 cm³/mol. The molecule has 2 aromatic rings. The third-order valence-corrected chi connectivity index (χ3v) is 5.87. The molecule has 0 unspecified atom stereocenters. The zero-order valence-corrected chi connectivity index (χ0v) is 14.0. The molecule has 0 aliphatic heterocycles. The number of halogens is 2. The third-order valence-electron chi connectivity index (χ3n) is 3.72. The maximum atomic E-state index is 12.7. The van der Waals surface area contributed by atoms with Crippen LogP contribution in [0, 0.1) is 5.92 Å². The Bertz CT molecular complexity index is 774. The lowest BCUT2D eigenvalue weighted by molar-refractivity contribution is 0.529. The first-order valence-corrected chi connectivity index (χ1v) is 9.23. The van der Waals surface area contributed by atoms with Gasteiger partial charge in [0.15, 0.2) is 0 Å². The molecule has 3 rings (SSSR count). The molecule has 0 aromatic heterocycles. The number of nitrogens with one attached hydrogen (secondary N) is 1. The fourth-order valence-electron chi connectivity index (χ4n) is 2.44. The highest BCUT2D eigenvalue weighted by Crippen LogP contribution is 2.42. The number of hydrogen-bond donors (Lipinski definition) is 1. The van der Waals surface area contributed by atoms with Crippen LogP contribution in [0.2, 0.25) is 10.0 Å². The fraction of sp³-hybridized carbons (Fsp3) is 0.250. The summed E-state index contributed by atoms with van der Waals surface area (Å²) in [5.41, 5.74) is 0.965. The van der Waals surface area contributed by atoms with Gasteiger partial charge in [-0.1, -0.05) is 53.5 Å². The number of rotatable bonds is 5. The van der Waals surface area contributed by atoms with Crippen molar-refractivity contribution >= 4 is 33.2 Å². The standard InChI is InChI=1S/C16H15Cl2NO2S/c17-13-8-9-14(18)15(10-13)22(20,21)19-16(12-6-7-12)11-4-2-1-3-5-11/h1-5,8-10,12,16,19H,6-7H2/t16-/m1/s1. The molecule has 0 heterocycles. The van der Waals surface area contributed by atoms with Crippen LogP contribution in [0.5, 0.6) is 0 Å². The molecule has 0 amide bonds. The summed E-state index contributed by atoms with van der Waals surface area (Å²) in [5, 5.41) is 0.506. The van der Waals surface area contributed by atoms with Gasteiger partial charge in [-0.25, -0.2) is 13.1 Å². The van der Waals surface area contributed by atoms with Gasteiger partial charge in [0.1, 0.15) is 4.90 Å². The SMILES string of the molecule is O=S(=O)(N[C@H](c1ccccc1)C1CC1)c1cc(Cl)ccc1Cl. The van der Waals surface area contributed by atoms with Crippen molar-refractivity contribution in [2.45, 2.75) is 23.8 Å². The Balaban J connectivity index is 1.94. The second-order valence-corrected chi connectivity index (χ2v) is 7.95. The highest BCUT2D eigenvalue weighted by molar-refractivity contribution is 7.89. The Labute approximate surface area is 140 Å². The molecule has 0 spiro atoms. The van der Waals surface area contributed by atoms with Crippen LogP contribution >= 0.6 is 23.2 Å². The van der Waals surface area contributed by atoms with Crippen molar-refractivity contribution < 1.29 is 8.42 Å². The molecule has 1 N–H and O–H groups in total. The van der Waals surface area contributed by atoms with E-state index in [1.807, 2.05) is 30.3 Å². The average molecular weight is 356 g/mol. The molecule has 1 fully saturated rings. The minimum absolute atomic E-state index is 0.0169. The Kier molecular flexibility index (Phi) is 4.46. The first kappa shape index (κ1) is 15.8. The average Bonchev–Trinajstić information content (AvgIpc) is 3.33. The lowest BCUT2D eigenvalue weighted by atomic mass is 10.0. The summed E-state index contributed by atoms with van der Waals surface area (Å²) >= 11 is 11.9. The first-order valence-electron chi connectivity index (χ1n) is 7.00. The molecule has 1 aliphatic rings. The quantitative estimate of drug-likeness (QED) is 0.862. The van der Waals surface area contributed by atoms with Crippen LogP contribution in [-0.4, -0.2) is 8.42 Å². The maximum Gasteiger partial charge on any atom is 0.242 e. The molecule has 1 aliphatic carbocycles. The van der Waals surface area contributed by atoms with Gasteiger partial charge in [-0.3, -0.25) is 0 Å². The van der Waals surface area contributed by atoms with Gasteiger partial charge in [-0.05, 0) is 42.5 Å². The number of hydrogen-bond acceptors (Lipinski definition) is 2. The number of sulfonamides is 1. The molecule has 3 nitrogen and oxygen atoms in total. The predicted octanol–water partition coefficient (Wildman–Crippen LogP) is 4.42. The van der Waals surface area contributed by atoms with E-state index in [0.717, 1.165) is 18.4 Å². The monoisotopic (exact) mass is 355 g/mol. The van der Waals surface area contributed by atoms with E-state index in [4.69, 9.17) is 23.2 Å². The van der Waals surface area contributed by atoms with Gasteiger partial charge in [-0.15, -0.1) is 0 Å². The van der Waals surface area contributed by atoms with Crippen molar-refractivity contribution in [2.75, 3.05) is 0 Å². The second-order valence-electron chi connectivity index (χ2n) is 5.42. The molecule has 0 bridgehead atoms. The van der Waals surface area contributed by atoms with E-state index in [2.05, 4.69) is 4.72 Å². The van der Waals surface area contributed by atoms with Gasteiger partial charge in [0.05, 0.1) is 5.02 Å². The van der Waals surface area contributed by atoms with E-state index in [-0.39, 0.29) is 16.0 Å². The van der Waals surface area contributed by atoms with Crippen molar-refractivity contribution in [2.24, 2.45) is 5.92 Å². The maximum absolute atomic E-state index is 12.7. The van der Waals surface area contributed by atoms with E-state index < -0.39 is 10.0 Å². The summed E-state index contributed by atoms with van der Waals surface area (Å²) in [6.45, 7) is 0. The Morgan fingerprint density at radius 1 is 1.05 bits per heavy atom. The van der Waals surface area contributed by atoms with Crippen molar-refractivity contribution in [3.63, 3.8) is 0 Å². The molecule has 116 valence electrons. The largest absolute Gasteiger partial charge is 0.242 e. The van der Waals surface area contributed by atoms with Gasteiger partial charge >= 0.3 is 0 Å². The second kappa shape index (κ2) is 6.20. The van der Waals surface area contributed by atoms with Crippen LogP contribution in [0.1, 0.15) is 24.4 Å². The van der Waals surface area contributed by atoms with Crippen LogP contribution in [0.4, 0.5) is 0 Å². The number of benzene rings is 2. The summed E-state index contributed by atoms with van der Waals surface area (Å²) in [4.78, 5) is 0.0169. The van der Waals surface area contributed by atoms with Gasteiger partial charge < -0.3 is 0 Å². The third kappa shape index (κ3) is 3.46. The molecular weight excluding hydrogens is 341 g/mol. The Morgan fingerprint density at radius 3 is 2.36 bits per heavy atom. The summed E-state index contributed by atoms with van der Waals surface area (Å²) < 4.78 is 28.1. The van der Waals surface area contributed by atoms with E-state index in [0.29, 0.717) is 10.9 Å². The van der Waals surface area contributed by atoms with E-state index in [9.17, 15) is 8.42 Å². The van der Waals surface area contributed by atoms with E-state index in [1.54, 1.807) is 6.07 Å². The molecule has 0 saturated heterocycles. The molecule has 1 atom stereocenters. The van der Waals surface area contributed by atoms with Crippen LogP contribution < -0.4 is 4.72 Å². The minimum atomic E-state index is -3.73. The van der Waals surface area contributed by atoms with E-state index in [1.165, 1.54) is 12.1 Å². The summed E-state index contributed by atoms with van der Waals surface area (Å²) in [6.07, 6.45) is 2.04. The zero-order chi connectivity index (χ0) is 15.7. The van der Waals surface area contributed by atoms with Crippen molar-refractivity contribution in [3.8, 4) is 0 Å². The van der Waals surface area contributed by atoms with Crippen molar-refractivity contribution in [1.82, 2.24) is 4.72 Å². The van der Waals surface area contributed by atoms with Gasteiger partial charge in [0.2, 0.25) is 10.0 Å². The molecular formula is C16H15Cl2NO2S. The van der Waals surface area contributed by atoms with Gasteiger partial charge in [0.25, 0.3) is 0 Å². The van der Waals surface area contributed by atoms with Crippen molar-refractivity contribution in [3.05, 3.63) is 64.1 Å². The smallest absolute Gasteiger partial charge is 0.207 e. The van der Waals surface area contributed by atoms with Crippen LogP contribution in [-0.2, 0) is 10.0 Å². The van der Waals surface area contributed by atoms with Gasteiger partial charge in [0, 0.05) is 11.1 Å². The van der Waals surface area contributed by atoms with Crippen LogP contribution in [0.3, 0.4) is 0 Å². The van der Waals surface area contributed by atoms with Crippen LogP contribution in [0.25, 0.3) is 0 Å². The fourth-order valence-corrected chi connectivity index (χ4v) is 4.50. The summed E-state index contributed by atoms with van der Waals surface area (Å²) in [5.74, 6) is 0.329. The molecule has 0 radical (unpaired) electrons. The topological polar surface area (TPSA) is 46.2 Å². The molecule has 22 heavy (non-hydrogen) atoms. The lowest BCUT2D eigenvalue weighted by Gasteiger charge is -2.19. The highest BCUT2D eigenvalue weighted by atomic mass is 35.5. The highest BCUT2D eigenvalue weighted by Gasteiger charge is 2.35. The molecule has 6 heteroatoms. The Morgan fingerprint density at radius 2 is 1.73 bits per heavy atom. The summed E-state index contributed by atoms with van der Waals surface area (Å²) in [7, 11) is -3.73. The van der Waals surface area contributed by atoms with Gasteiger partial charge in [-0.2, -0.15) is 0 Å². The molecule has 2 aromatic carbocycles. The first-order chi connectivity index (χ1) is 10.5. The zero-order valence-electron chi connectivity index (χ0n) is 11.7. The minimum Gasteiger partial charge on any atom is -0.207 e.